The Labute approximate surface area is 120 Å². The maximum atomic E-state index is 3.70. The molecular formula is C16H26BrN. The van der Waals surface area contributed by atoms with Gasteiger partial charge in [0.05, 0.1) is 0 Å². The molecule has 2 unspecified atom stereocenters. The maximum absolute atomic E-state index is 3.70. The van der Waals surface area contributed by atoms with Crippen molar-refractivity contribution in [2.75, 3.05) is 6.54 Å². The van der Waals surface area contributed by atoms with Gasteiger partial charge < -0.3 is 5.32 Å². The Morgan fingerprint density at radius 2 is 1.72 bits per heavy atom. The third-order valence-electron chi connectivity index (χ3n) is 3.83. The highest BCUT2D eigenvalue weighted by Gasteiger charge is 2.20. The summed E-state index contributed by atoms with van der Waals surface area (Å²) >= 11 is 3.48. The lowest BCUT2D eigenvalue weighted by Gasteiger charge is -2.29. The monoisotopic (exact) mass is 311 g/mol. The predicted molar refractivity (Wildman–Crippen MR) is 83.8 cm³/mol. The second kappa shape index (κ2) is 6.72. The van der Waals surface area contributed by atoms with E-state index >= 15 is 0 Å². The van der Waals surface area contributed by atoms with Gasteiger partial charge in [-0.25, -0.2) is 0 Å². The minimum absolute atomic E-state index is 0.366. The van der Waals surface area contributed by atoms with E-state index < -0.39 is 0 Å². The van der Waals surface area contributed by atoms with Gasteiger partial charge >= 0.3 is 0 Å². The van der Waals surface area contributed by atoms with E-state index in [1.807, 2.05) is 0 Å². The third kappa shape index (κ3) is 4.74. The number of halogens is 1. The predicted octanol–water partition coefficient (Wildman–Crippen LogP) is 5.17. The van der Waals surface area contributed by atoms with Gasteiger partial charge in [-0.3, -0.25) is 0 Å². The van der Waals surface area contributed by atoms with Gasteiger partial charge in [-0.1, -0.05) is 62.7 Å². The molecule has 0 fully saturated rings. The molecule has 0 amide bonds. The van der Waals surface area contributed by atoms with E-state index in [0.717, 1.165) is 17.4 Å². The van der Waals surface area contributed by atoms with E-state index in [4.69, 9.17) is 0 Å². The molecular weight excluding hydrogens is 286 g/mol. The molecule has 0 radical (unpaired) electrons. The number of rotatable bonds is 5. The first-order valence-corrected chi connectivity index (χ1v) is 7.62. The molecule has 0 heterocycles. The molecule has 18 heavy (non-hydrogen) atoms. The van der Waals surface area contributed by atoms with Crippen molar-refractivity contribution in [1.82, 2.24) is 5.32 Å². The molecule has 0 saturated heterocycles. The van der Waals surface area contributed by atoms with E-state index in [9.17, 15) is 0 Å². The number of hydrogen-bond donors (Lipinski definition) is 1. The highest BCUT2D eigenvalue weighted by Crippen LogP contribution is 2.26. The minimum atomic E-state index is 0.366. The van der Waals surface area contributed by atoms with Crippen LogP contribution in [0.15, 0.2) is 28.7 Å². The number of hydrogen-bond acceptors (Lipinski definition) is 1. The van der Waals surface area contributed by atoms with Crippen LogP contribution in [0.25, 0.3) is 0 Å². The average Bonchev–Trinajstić information content (AvgIpc) is 2.30. The quantitative estimate of drug-likeness (QED) is 0.790. The summed E-state index contributed by atoms with van der Waals surface area (Å²) in [5, 5.41) is 3.70. The summed E-state index contributed by atoms with van der Waals surface area (Å²) in [5.41, 5.74) is 1.74. The first-order chi connectivity index (χ1) is 8.34. The molecule has 1 N–H and O–H groups in total. The molecule has 0 aromatic heterocycles. The lowest BCUT2D eigenvalue weighted by Crippen LogP contribution is -2.32. The van der Waals surface area contributed by atoms with E-state index in [1.54, 1.807) is 0 Å². The van der Waals surface area contributed by atoms with Gasteiger partial charge in [0, 0.05) is 10.5 Å². The molecule has 102 valence electrons. The van der Waals surface area contributed by atoms with Crippen LogP contribution in [0.4, 0.5) is 0 Å². The zero-order valence-corrected chi connectivity index (χ0v) is 13.8. The van der Waals surface area contributed by atoms with Crippen LogP contribution in [-0.4, -0.2) is 6.54 Å². The van der Waals surface area contributed by atoms with Gasteiger partial charge in [0.25, 0.3) is 0 Å². The topological polar surface area (TPSA) is 12.0 Å². The highest BCUT2D eigenvalue weighted by atomic mass is 79.9. The fourth-order valence-corrected chi connectivity index (χ4v) is 2.08. The summed E-state index contributed by atoms with van der Waals surface area (Å²) < 4.78 is 1.14. The normalized spacial score (nSPS) is 15.4. The van der Waals surface area contributed by atoms with Gasteiger partial charge in [0.1, 0.15) is 0 Å². The van der Waals surface area contributed by atoms with Crippen molar-refractivity contribution >= 4 is 15.9 Å². The molecule has 1 rings (SSSR count). The number of benzene rings is 1. The molecule has 0 aliphatic rings. The second-order valence-corrected chi connectivity index (χ2v) is 7.10. The average molecular weight is 312 g/mol. The van der Waals surface area contributed by atoms with Crippen LogP contribution in [0, 0.1) is 11.3 Å². The molecule has 1 nitrogen and oxygen atoms in total. The second-order valence-electron chi connectivity index (χ2n) is 6.19. The molecule has 1 aromatic carbocycles. The Kier molecular flexibility index (Phi) is 5.87. The maximum Gasteiger partial charge on any atom is 0.0317 e. The van der Waals surface area contributed by atoms with Crippen LogP contribution in [-0.2, 0) is 0 Å². The summed E-state index contributed by atoms with van der Waals surface area (Å²) in [6, 6.07) is 9.10. The SMILES string of the molecule is CCC(NCC(C)C(C)(C)C)c1ccc(Br)cc1. The Hall–Kier alpha value is -0.340. The molecule has 2 atom stereocenters. The van der Waals surface area contributed by atoms with Crippen LogP contribution in [0.5, 0.6) is 0 Å². The van der Waals surface area contributed by atoms with Gasteiger partial charge in [-0.15, -0.1) is 0 Å². The Morgan fingerprint density at radius 1 is 1.17 bits per heavy atom. The Bertz CT molecular complexity index is 350. The molecule has 0 bridgehead atoms. The van der Waals surface area contributed by atoms with Crippen molar-refractivity contribution in [3.8, 4) is 0 Å². The van der Waals surface area contributed by atoms with Gasteiger partial charge in [0.2, 0.25) is 0 Å². The molecule has 0 saturated carbocycles. The summed E-state index contributed by atoms with van der Waals surface area (Å²) in [5.74, 6) is 0.669. The van der Waals surface area contributed by atoms with Crippen molar-refractivity contribution in [1.29, 1.82) is 0 Å². The van der Waals surface area contributed by atoms with Crippen LogP contribution in [0.3, 0.4) is 0 Å². The lowest BCUT2D eigenvalue weighted by atomic mass is 9.82. The van der Waals surface area contributed by atoms with Gasteiger partial charge in [-0.2, -0.15) is 0 Å². The van der Waals surface area contributed by atoms with Crippen LogP contribution >= 0.6 is 15.9 Å². The zero-order valence-electron chi connectivity index (χ0n) is 12.3. The van der Waals surface area contributed by atoms with Crippen LogP contribution in [0.1, 0.15) is 52.6 Å². The van der Waals surface area contributed by atoms with E-state index in [1.165, 1.54) is 5.56 Å². The van der Waals surface area contributed by atoms with Gasteiger partial charge in [0.15, 0.2) is 0 Å². The van der Waals surface area contributed by atoms with E-state index in [-0.39, 0.29) is 0 Å². The zero-order chi connectivity index (χ0) is 13.8. The van der Waals surface area contributed by atoms with Crippen LogP contribution < -0.4 is 5.32 Å². The van der Waals surface area contributed by atoms with Crippen molar-refractivity contribution in [3.63, 3.8) is 0 Å². The van der Waals surface area contributed by atoms with Crippen molar-refractivity contribution in [2.24, 2.45) is 11.3 Å². The largest absolute Gasteiger partial charge is 0.310 e. The van der Waals surface area contributed by atoms with Crippen molar-refractivity contribution in [2.45, 2.75) is 47.1 Å². The van der Waals surface area contributed by atoms with Crippen LogP contribution in [0.2, 0.25) is 0 Å². The van der Waals surface area contributed by atoms with Crippen molar-refractivity contribution < 1.29 is 0 Å². The lowest BCUT2D eigenvalue weighted by molar-refractivity contribution is 0.244. The fourth-order valence-electron chi connectivity index (χ4n) is 1.82. The number of nitrogens with one attached hydrogen (secondary N) is 1. The van der Waals surface area contributed by atoms with Crippen molar-refractivity contribution in [3.05, 3.63) is 34.3 Å². The minimum Gasteiger partial charge on any atom is -0.310 e. The molecule has 2 heteroatoms. The Morgan fingerprint density at radius 3 is 2.17 bits per heavy atom. The smallest absolute Gasteiger partial charge is 0.0317 e. The first kappa shape index (κ1) is 15.7. The van der Waals surface area contributed by atoms with Gasteiger partial charge in [-0.05, 0) is 42.0 Å². The fraction of sp³-hybridized carbons (Fsp3) is 0.625. The molecule has 1 aromatic rings. The summed E-state index contributed by atoms with van der Waals surface area (Å²) in [6.45, 7) is 12.5. The Balaban J connectivity index is 2.60. The molecule has 0 spiro atoms. The first-order valence-electron chi connectivity index (χ1n) is 6.83. The molecule has 0 aliphatic carbocycles. The van der Waals surface area contributed by atoms with E-state index in [2.05, 4.69) is 80.1 Å². The summed E-state index contributed by atoms with van der Waals surface area (Å²) in [4.78, 5) is 0. The highest BCUT2D eigenvalue weighted by molar-refractivity contribution is 9.10. The molecule has 0 aliphatic heterocycles. The summed E-state index contributed by atoms with van der Waals surface area (Å²) in [7, 11) is 0. The van der Waals surface area contributed by atoms with E-state index in [0.29, 0.717) is 17.4 Å². The third-order valence-corrected chi connectivity index (χ3v) is 4.36. The summed E-state index contributed by atoms with van der Waals surface area (Å²) in [6.07, 6.45) is 1.12. The standard InChI is InChI=1S/C16H26BrN/c1-6-15(13-7-9-14(17)10-8-13)18-11-12(2)16(3,4)5/h7-10,12,15,18H,6,11H2,1-5H3.